The number of hydrogen-bond donors (Lipinski definition) is 1. The summed E-state index contributed by atoms with van der Waals surface area (Å²) in [5.74, 6) is 0.711. The molecule has 0 fully saturated rings. The molecule has 0 amide bonds. The Labute approximate surface area is 93.5 Å². The minimum Gasteiger partial charge on any atom is -0.312 e. The second kappa shape index (κ2) is 6.74. The Bertz CT molecular complexity index is 311. The van der Waals surface area contributed by atoms with E-state index in [-0.39, 0.29) is 0 Å². The minimum atomic E-state index is -0.705. The highest BCUT2D eigenvalue weighted by Gasteiger charge is 1.97. The van der Waals surface area contributed by atoms with Gasteiger partial charge in [0.2, 0.25) is 0 Å². The summed E-state index contributed by atoms with van der Waals surface area (Å²) in [6.07, 6.45) is 6.76. The summed E-state index contributed by atoms with van der Waals surface area (Å²) in [6.45, 7) is 4.71. The summed E-state index contributed by atoms with van der Waals surface area (Å²) in [5, 5.41) is 7.48. The quantitative estimate of drug-likeness (QED) is 0.702. The lowest BCUT2D eigenvalue weighted by Crippen LogP contribution is -2.19. The molecule has 1 heterocycles. The second-order valence-corrected chi connectivity index (χ2v) is 5.12. The normalized spacial score (nSPS) is 12.9. The van der Waals surface area contributed by atoms with Crippen molar-refractivity contribution in [2.75, 3.05) is 18.6 Å². The fourth-order valence-corrected chi connectivity index (χ4v) is 1.73. The molecule has 86 valence electrons. The fourth-order valence-electron chi connectivity index (χ4n) is 1.30. The van der Waals surface area contributed by atoms with Crippen molar-refractivity contribution in [1.82, 2.24) is 15.1 Å². The van der Waals surface area contributed by atoms with Gasteiger partial charge in [0.15, 0.2) is 0 Å². The van der Waals surface area contributed by atoms with Crippen molar-refractivity contribution in [2.24, 2.45) is 0 Å². The van der Waals surface area contributed by atoms with Crippen LogP contribution in [0, 0.1) is 0 Å². The zero-order chi connectivity index (χ0) is 11.1. The Morgan fingerprint density at radius 3 is 3.07 bits per heavy atom. The van der Waals surface area contributed by atoms with Crippen LogP contribution in [0.4, 0.5) is 0 Å². The van der Waals surface area contributed by atoms with Gasteiger partial charge in [-0.1, -0.05) is 6.92 Å². The van der Waals surface area contributed by atoms with Crippen LogP contribution in [0.15, 0.2) is 12.4 Å². The van der Waals surface area contributed by atoms with Crippen LogP contribution in [0.2, 0.25) is 0 Å². The van der Waals surface area contributed by atoms with Crippen molar-refractivity contribution in [1.29, 1.82) is 0 Å². The molecule has 0 saturated heterocycles. The number of nitrogens with one attached hydrogen (secondary N) is 1. The van der Waals surface area contributed by atoms with Crippen molar-refractivity contribution in [3.05, 3.63) is 18.0 Å². The molecule has 15 heavy (non-hydrogen) atoms. The fraction of sp³-hybridized carbons (Fsp3) is 0.700. The largest absolute Gasteiger partial charge is 0.312 e. The minimum absolute atomic E-state index is 0.705. The third-order valence-electron chi connectivity index (χ3n) is 2.03. The van der Waals surface area contributed by atoms with Gasteiger partial charge in [-0.15, -0.1) is 0 Å². The van der Waals surface area contributed by atoms with Crippen molar-refractivity contribution in [3.63, 3.8) is 0 Å². The average Bonchev–Trinajstić information content (AvgIpc) is 2.61. The van der Waals surface area contributed by atoms with E-state index < -0.39 is 10.8 Å². The van der Waals surface area contributed by atoms with Gasteiger partial charge in [-0.25, -0.2) is 0 Å². The van der Waals surface area contributed by atoms with Gasteiger partial charge >= 0.3 is 0 Å². The van der Waals surface area contributed by atoms with Gasteiger partial charge in [0.05, 0.1) is 6.20 Å². The van der Waals surface area contributed by atoms with Crippen LogP contribution in [0.1, 0.15) is 18.9 Å². The highest BCUT2D eigenvalue weighted by atomic mass is 32.2. The SMILES string of the molecule is CCCn1cc(CNCCS(C)=O)cn1. The molecule has 1 N–H and O–H groups in total. The molecule has 5 heteroatoms. The molecule has 1 atom stereocenters. The molecule has 1 aromatic heterocycles. The highest BCUT2D eigenvalue weighted by Crippen LogP contribution is 1.97. The zero-order valence-corrected chi connectivity index (χ0v) is 10.2. The lowest BCUT2D eigenvalue weighted by Gasteiger charge is -2.00. The summed E-state index contributed by atoms with van der Waals surface area (Å²) in [6, 6.07) is 0. The Morgan fingerprint density at radius 1 is 1.60 bits per heavy atom. The first-order chi connectivity index (χ1) is 7.22. The second-order valence-electron chi connectivity index (χ2n) is 3.57. The van der Waals surface area contributed by atoms with Crippen LogP contribution in [0.5, 0.6) is 0 Å². The van der Waals surface area contributed by atoms with Crippen LogP contribution in [-0.4, -0.2) is 32.5 Å². The number of rotatable bonds is 7. The highest BCUT2D eigenvalue weighted by molar-refractivity contribution is 7.84. The van der Waals surface area contributed by atoms with Crippen molar-refractivity contribution < 1.29 is 4.21 Å². The molecule has 0 saturated carbocycles. The van der Waals surface area contributed by atoms with E-state index in [0.717, 1.165) is 26.1 Å². The first-order valence-corrected chi connectivity index (χ1v) is 6.97. The Balaban J connectivity index is 2.22. The Kier molecular flexibility index (Phi) is 5.57. The van der Waals surface area contributed by atoms with Gasteiger partial charge in [0, 0.05) is 54.2 Å². The van der Waals surface area contributed by atoms with Gasteiger partial charge in [-0.05, 0) is 6.42 Å². The molecule has 0 aromatic carbocycles. The maximum absolute atomic E-state index is 10.8. The summed E-state index contributed by atoms with van der Waals surface area (Å²) in [7, 11) is -0.705. The first-order valence-electron chi connectivity index (χ1n) is 5.24. The van der Waals surface area contributed by atoms with Crippen LogP contribution in [0.3, 0.4) is 0 Å². The lowest BCUT2D eigenvalue weighted by atomic mass is 10.3. The van der Waals surface area contributed by atoms with Crippen LogP contribution in [-0.2, 0) is 23.9 Å². The van der Waals surface area contributed by atoms with Crippen LogP contribution in [0.25, 0.3) is 0 Å². The van der Waals surface area contributed by atoms with Crippen LogP contribution >= 0.6 is 0 Å². The Hall–Kier alpha value is -0.680. The lowest BCUT2D eigenvalue weighted by molar-refractivity contribution is 0.601. The maximum Gasteiger partial charge on any atom is 0.0534 e. The van der Waals surface area contributed by atoms with Crippen molar-refractivity contribution in [2.45, 2.75) is 26.4 Å². The number of aromatic nitrogens is 2. The smallest absolute Gasteiger partial charge is 0.0534 e. The van der Waals surface area contributed by atoms with E-state index in [2.05, 4.69) is 23.5 Å². The van der Waals surface area contributed by atoms with Crippen LogP contribution < -0.4 is 5.32 Å². The van der Waals surface area contributed by atoms with E-state index >= 15 is 0 Å². The maximum atomic E-state index is 10.8. The molecule has 1 aromatic rings. The molecule has 1 unspecified atom stereocenters. The van der Waals surface area contributed by atoms with Gasteiger partial charge < -0.3 is 5.32 Å². The summed E-state index contributed by atoms with van der Waals surface area (Å²) in [5.41, 5.74) is 1.19. The van der Waals surface area contributed by atoms with Gasteiger partial charge in [0.25, 0.3) is 0 Å². The zero-order valence-electron chi connectivity index (χ0n) is 9.40. The molecular formula is C10H19N3OS. The Morgan fingerprint density at radius 2 is 2.40 bits per heavy atom. The molecule has 4 nitrogen and oxygen atoms in total. The van der Waals surface area contributed by atoms with E-state index in [1.807, 2.05) is 10.9 Å². The summed E-state index contributed by atoms with van der Waals surface area (Å²) in [4.78, 5) is 0. The third kappa shape index (κ3) is 5.09. The average molecular weight is 229 g/mol. The monoisotopic (exact) mass is 229 g/mol. The van der Waals surface area contributed by atoms with E-state index in [1.54, 1.807) is 6.26 Å². The predicted octanol–water partition coefficient (Wildman–Crippen LogP) is 0.761. The molecule has 0 spiro atoms. The number of hydrogen-bond acceptors (Lipinski definition) is 3. The predicted molar refractivity (Wildman–Crippen MR) is 63.2 cm³/mol. The van der Waals surface area contributed by atoms with Gasteiger partial charge in [-0.3, -0.25) is 8.89 Å². The van der Waals surface area contributed by atoms with Crippen molar-refractivity contribution >= 4 is 10.8 Å². The molecule has 0 bridgehead atoms. The number of aryl methyl sites for hydroxylation is 1. The van der Waals surface area contributed by atoms with Gasteiger partial charge in [0.1, 0.15) is 0 Å². The third-order valence-corrected chi connectivity index (χ3v) is 2.81. The molecule has 0 aliphatic heterocycles. The van der Waals surface area contributed by atoms with Crippen molar-refractivity contribution in [3.8, 4) is 0 Å². The summed E-state index contributed by atoms with van der Waals surface area (Å²) >= 11 is 0. The van der Waals surface area contributed by atoms with E-state index in [0.29, 0.717) is 5.75 Å². The standard InChI is InChI=1S/C10H19N3OS/c1-3-5-13-9-10(8-12-13)7-11-4-6-15(2)14/h8-9,11H,3-7H2,1-2H3. The first kappa shape index (κ1) is 12.4. The summed E-state index contributed by atoms with van der Waals surface area (Å²) < 4.78 is 12.8. The number of nitrogens with zero attached hydrogens (tertiary/aromatic N) is 2. The molecule has 0 aliphatic carbocycles. The molecule has 0 radical (unpaired) electrons. The van der Waals surface area contributed by atoms with E-state index in [4.69, 9.17) is 0 Å². The topological polar surface area (TPSA) is 46.9 Å². The van der Waals surface area contributed by atoms with E-state index in [9.17, 15) is 4.21 Å². The molecular weight excluding hydrogens is 210 g/mol. The van der Waals surface area contributed by atoms with E-state index in [1.165, 1.54) is 5.56 Å². The molecule has 0 aliphatic rings. The van der Waals surface area contributed by atoms with Gasteiger partial charge in [-0.2, -0.15) is 5.10 Å². The molecule has 1 rings (SSSR count).